The molecule has 2 aromatic rings. The minimum absolute atomic E-state index is 0.0760. The zero-order chi connectivity index (χ0) is 24.9. The highest BCUT2D eigenvalue weighted by Gasteiger charge is 2.41. The van der Waals surface area contributed by atoms with Crippen LogP contribution in [0.3, 0.4) is 0 Å². The molecule has 3 rings (SSSR count). The molecule has 7 nitrogen and oxygen atoms in total. The van der Waals surface area contributed by atoms with E-state index < -0.39 is 27.8 Å². The average Bonchev–Trinajstić information content (AvgIpc) is 3.08. The monoisotopic (exact) mass is 600 g/mol. The van der Waals surface area contributed by atoms with Crippen LogP contribution in [-0.2, 0) is 14.6 Å². The van der Waals surface area contributed by atoms with Crippen molar-refractivity contribution in [3.63, 3.8) is 0 Å². The van der Waals surface area contributed by atoms with Gasteiger partial charge in [-0.25, -0.2) is 8.42 Å². The second-order valence-electron chi connectivity index (χ2n) is 8.11. The zero-order valence-electron chi connectivity index (χ0n) is 19.1. The van der Waals surface area contributed by atoms with E-state index in [2.05, 4.69) is 0 Å². The zero-order valence-corrected chi connectivity index (χ0v) is 22.0. The first-order chi connectivity index (χ1) is 16.2. The van der Waals surface area contributed by atoms with Gasteiger partial charge in [0.2, 0.25) is 0 Å². The van der Waals surface area contributed by atoms with E-state index in [9.17, 15) is 23.7 Å². The predicted octanol–water partition coefficient (Wildman–Crippen LogP) is 3.42. The molecule has 0 amide bonds. The Bertz CT molecular complexity index is 1170. The topological polar surface area (TPSA) is 113 Å². The summed E-state index contributed by atoms with van der Waals surface area (Å²) < 4.78 is 36.1. The van der Waals surface area contributed by atoms with Crippen molar-refractivity contribution < 1.29 is 33.2 Å². The SMILES string of the molecule is COCC1=C([C@H](O)CC/C(=C/c2cc(I)c(O)c(OC)c2)c2ccccc2)[C@H](CO)S(=O)(=O)C1. The first-order valence-corrected chi connectivity index (χ1v) is 13.5. The van der Waals surface area contributed by atoms with E-state index in [-0.39, 0.29) is 24.5 Å². The van der Waals surface area contributed by atoms with Gasteiger partial charge in [0.25, 0.3) is 0 Å². The number of benzene rings is 2. The number of allylic oxidation sites excluding steroid dienone is 1. The Kier molecular flexibility index (Phi) is 9.16. The van der Waals surface area contributed by atoms with Crippen LogP contribution in [0.4, 0.5) is 0 Å². The molecular weight excluding hydrogens is 571 g/mol. The van der Waals surface area contributed by atoms with Crippen molar-refractivity contribution >= 4 is 44.1 Å². The number of halogens is 1. The van der Waals surface area contributed by atoms with Crippen LogP contribution in [0, 0.1) is 3.57 Å². The highest BCUT2D eigenvalue weighted by molar-refractivity contribution is 14.1. The Balaban J connectivity index is 1.94. The number of phenolic OH excluding ortho intramolecular Hbond substituents is 1. The summed E-state index contributed by atoms with van der Waals surface area (Å²) in [7, 11) is -0.612. The molecule has 0 radical (unpaired) electrons. The number of aliphatic hydroxyl groups excluding tert-OH is 2. The minimum Gasteiger partial charge on any atom is -0.504 e. The number of hydrogen-bond acceptors (Lipinski definition) is 7. The van der Waals surface area contributed by atoms with Gasteiger partial charge in [0, 0.05) is 7.11 Å². The first-order valence-electron chi connectivity index (χ1n) is 10.8. The first kappa shape index (κ1) is 26.7. The fraction of sp³-hybridized carbons (Fsp3) is 0.360. The largest absolute Gasteiger partial charge is 0.504 e. The number of ether oxygens (including phenoxy) is 2. The maximum absolute atomic E-state index is 12.5. The van der Waals surface area contributed by atoms with Crippen molar-refractivity contribution in [2.45, 2.75) is 24.2 Å². The lowest BCUT2D eigenvalue weighted by Crippen LogP contribution is -2.29. The summed E-state index contributed by atoms with van der Waals surface area (Å²) in [6.45, 7) is -0.482. The number of aliphatic hydroxyl groups is 2. The van der Waals surface area contributed by atoms with Crippen LogP contribution in [0.15, 0.2) is 53.6 Å². The second-order valence-corrected chi connectivity index (χ2v) is 11.5. The summed E-state index contributed by atoms with van der Waals surface area (Å²) in [5.74, 6) is 0.222. The van der Waals surface area contributed by atoms with Gasteiger partial charge >= 0.3 is 0 Å². The molecule has 0 saturated heterocycles. The number of sulfone groups is 1. The Labute approximate surface area is 213 Å². The third kappa shape index (κ3) is 6.01. The highest BCUT2D eigenvalue weighted by atomic mass is 127. The van der Waals surface area contributed by atoms with Crippen LogP contribution in [0.1, 0.15) is 24.0 Å². The van der Waals surface area contributed by atoms with E-state index in [0.29, 0.717) is 26.9 Å². The van der Waals surface area contributed by atoms with Gasteiger partial charge in [-0.3, -0.25) is 0 Å². The maximum Gasteiger partial charge on any atom is 0.171 e. The van der Waals surface area contributed by atoms with E-state index in [1.54, 1.807) is 6.07 Å². The third-order valence-electron chi connectivity index (χ3n) is 5.85. The quantitative estimate of drug-likeness (QED) is 0.218. The molecule has 0 spiro atoms. The van der Waals surface area contributed by atoms with Crippen LogP contribution < -0.4 is 4.74 Å². The van der Waals surface area contributed by atoms with Gasteiger partial charge in [0.05, 0.1) is 35.8 Å². The fourth-order valence-electron chi connectivity index (χ4n) is 4.24. The Morgan fingerprint density at radius 1 is 1.24 bits per heavy atom. The summed E-state index contributed by atoms with van der Waals surface area (Å²) >= 11 is 2.04. The van der Waals surface area contributed by atoms with Crippen molar-refractivity contribution in [1.82, 2.24) is 0 Å². The van der Waals surface area contributed by atoms with Gasteiger partial charge in [-0.05, 0) is 75.4 Å². The van der Waals surface area contributed by atoms with Crippen molar-refractivity contribution in [3.05, 3.63) is 68.3 Å². The molecule has 0 unspecified atom stereocenters. The third-order valence-corrected chi connectivity index (χ3v) is 8.69. The Morgan fingerprint density at radius 2 is 1.94 bits per heavy atom. The van der Waals surface area contributed by atoms with Gasteiger partial charge < -0.3 is 24.8 Å². The summed E-state index contributed by atoms with van der Waals surface area (Å²) in [5.41, 5.74) is 3.57. The molecular formula is C25H29IO7S. The fourth-order valence-corrected chi connectivity index (χ4v) is 6.74. The van der Waals surface area contributed by atoms with Crippen LogP contribution in [0.2, 0.25) is 0 Å². The number of phenols is 1. The van der Waals surface area contributed by atoms with Gasteiger partial charge in [-0.1, -0.05) is 36.4 Å². The lowest BCUT2D eigenvalue weighted by atomic mass is 9.92. The van der Waals surface area contributed by atoms with Gasteiger partial charge in [0.15, 0.2) is 21.3 Å². The molecule has 0 saturated carbocycles. The van der Waals surface area contributed by atoms with E-state index >= 15 is 0 Å². The minimum atomic E-state index is -3.58. The summed E-state index contributed by atoms with van der Waals surface area (Å²) in [6, 6.07) is 13.3. The molecule has 3 N–H and O–H groups in total. The highest BCUT2D eigenvalue weighted by Crippen LogP contribution is 2.36. The van der Waals surface area contributed by atoms with Crippen molar-refractivity contribution in [2.24, 2.45) is 0 Å². The second kappa shape index (κ2) is 11.7. The van der Waals surface area contributed by atoms with Crippen molar-refractivity contribution in [2.75, 3.05) is 33.2 Å². The molecule has 1 heterocycles. The van der Waals surface area contributed by atoms with Crippen LogP contribution in [0.5, 0.6) is 11.5 Å². The standard InChI is InChI=1S/C25H29IO7S/c1-32-14-19-15-34(30,31)23(13-27)24(19)21(28)9-8-18(17-6-4-3-5-7-17)10-16-11-20(26)25(29)22(12-16)33-2/h3-7,10-12,21,23,27-29H,8-9,13-15H2,1-2H3/b18-10-/t21-,23+/m1/s1. The smallest absolute Gasteiger partial charge is 0.171 e. The van der Waals surface area contributed by atoms with E-state index in [4.69, 9.17) is 9.47 Å². The van der Waals surface area contributed by atoms with Gasteiger partial charge in [-0.2, -0.15) is 0 Å². The molecule has 1 aliphatic rings. The summed E-state index contributed by atoms with van der Waals surface area (Å²) in [4.78, 5) is 0. The predicted molar refractivity (Wildman–Crippen MR) is 140 cm³/mol. The molecule has 0 fully saturated rings. The van der Waals surface area contributed by atoms with E-state index in [0.717, 1.165) is 16.7 Å². The lowest BCUT2D eigenvalue weighted by molar-refractivity contribution is 0.184. The van der Waals surface area contributed by atoms with Gasteiger partial charge in [-0.15, -0.1) is 0 Å². The van der Waals surface area contributed by atoms with Gasteiger partial charge in [0.1, 0.15) is 5.25 Å². The number of rotatable bonds is 10. The number of hydrogen-bond donors (Lipinski definition) is 3. The molecule has 34 heavy (non-hydrogen) atoms. The van der Waals surface area contributed by atoms with Crippen LogP contribution in [-0.4, -0.2) is 68.3 Å². The average molecular weight is 600 g/mol. The van der Waals surface area contributed by atoms with Crippen LogP contribution in [0.25, 0.3) is 11.6 Å². The van der Waals surface area contributed by atoms with Crippen molar-refractivity contribution in [3.8, 4) is 11.5 Å². The molecule has 2 aromatic carbocycles. The summed E-state index contributed by atoms with van der Waals surface area (Å²) in [5, 5.41) is 29.8. The normalized spacial score (nSPS) is 18.9. The summed E-state index contributed by atoms with van der Waals surface area (Å²) in [6.07, 6.45) is 1.64. The van der Waals surface area contributed by atoms with Crippen molar-refractivity contribution in [1.29, 1.82) is 0 Å². The molecule has 2 atom stereocenters. The van der Waals surface area contributed by atoms with E-state index in [1.165, 1.54) is 14.2 Å². The molecule has 0 bridgehead atoms. The Morgan fingerprint density at radius 3 is 2.56 bits per heavy atom. The molecule has 1 aliphatic heterocycles. The molecule has 9 heteroatoms. The molecule has 0 aliphatic carbocycles. The van der Waals surface area contributed by atoms with Crippen LogP contribution >= 0.6 is 22.6 Å². The maximum atomic E-state index is 12.5. The molecule has 184 valence electrons. The van der Waals surface area contributed by atoms with E-state index in [1.807, 2.05) is 65.1 Å². The lowest BCUT2D eigenvalue weighted by Gasteiger charge is -2.20. The molecule has 0 aromatic heterocycles. The Hall–Kier alpha value is -1.92. The number of aromatic hydroxyl groups is 1. The number of methoxy groups -OCH3 is 2.